The fraction of sp³-hybridized carbons (Fsp3) is 0.533. The van der Waals surface area contributed by atoms with E-state index in [1.54, 1.807) is 14.2 Å². The Bertz CT molecular complexity index is 441. The van der Waals surface area contributed by atoms with E-state index in [4.69, 9.17) is 9.47 Å². The molecule has 2 rings (SSSR count). The summed E-state index contributed by atoms with van der Waals surface area (Å²) in [4.78, 5) is 12.5. The Morgan fingerprint density at radius 2 is 2.05 bits per heavy atom. The fourth-order valence-electron chi connectivity index (χ4n) is 2.62. The van der Waals surface area contributed by atoms with Crippen LogP contribution in [0.3, 0.4) is 0 Å². The molecule has 1 N–H and O–H groups in total. The van der Waals surface area contributed by atoms with Gasteiger partial charge in [-0.1, -0.05) is 24.6 Å². The monoisotopic (exact) mass is 263 g/mol. The molecule has 1 aliphatic carbocycles. The summed E-state index contributed by atoms with van der Waals surface area (Å²) in [5.74, 6) is 0.879. The third-order valence-corrected chi connectivity index (χ3v) is 3.86. The van der Waals surface area contributed by atoms with Crippen LogP contribution in [0, 0.1) is 0 Å². The number of ether oxygens (including phenoxy) is 2. The molecule has 0 radical (unpaired) electrons. The molecular formula is C15H21NO3. The van der Waals surface area contributed by atoms with E-state index in [0.29, 0.717) is 13.2 Å². The zero-order valence-electron chi connectivity index (χ0n) is 11.6. The van der Waals surface area contributed by atoms with Crippen LogP contribution in [-0.2, 0) is 14.9 Å². The second-order valence-corrected chi connectivity index (χ2v) is 4.88. The molecule has 4 heteroatoms. The molecule has 0 heterocycles. The first-order chi connectivity index (χ1) is 9.24. The van der Waals surface area contributed by atoms with Gasteiger partial charge in [-0.2, -0.15) is 0 Å². The molecule has 0 unspecified atom stereocenters. The van der Waals surface area contributed by atoms with Crippen LogP contribution in [0.15, 0.2) is 24.3 Å². The molecule has 104 valence electrons. The highest BCUT2D eigenvalue weighted by atomic mass is 16.5. The Morgan fingerprint density at radius 3 is 2.63 bits per heavy atom. The number of para-hydroxylation sites is 1. The van der Waals surface area contributed by atoms with Crippen LogP contribution in [0.5, 0.6) is 5.75 Å². The zero-order valence-corrected chi connectivity index (χ0v) is 11.6. The molecule has 1 amide bonds. The molecule has 4 nitrogen and oxygen atoms in total. The van der Waals surface area contributed by atoms with Crippen LogP contribution >= 0.6 is 0 Å². The Morgan fingerprint density at radius 1 is 1.32 bits per heavy atom. The van der Waals surface area contributed by atoms with Gasteiger partial charge in [0.25, 0.3) is 0 Å². The Kier molecular flexibility index (Phi) is 4.43. The molecule has 19 heavy (non-hydrogen) atoms. The number of carbonyl (C=O) groups is 1. The summed E-state index contributed by atoms with van der Waals surface area (Å²) >= 11 is 0. The summed E-state index contributed by atoms with van der Waals surface area (Å²) in [5.41, 5.74) is 0.582. The molecular weight excluding hydrogens is 242 g/mol. The number of nitrogens with one attached hydrogen (secondary N) is 1. The van der Waals surface area contributed by atoms with Crippen molar-refractivity contribution in [2.75, 3.05) is 27.4 Å². The summed E-state index contributed by atoms with van der Waals surface area (Å²) in [6.45, 7) is 1.08. The van der Waals surface area contributed by atoms with Crippen molar-refractivity contribution in [1.82, 2.24) is 5.32 Å². The van der Waals surface area contributed by atoms with Crippen molar-refractivity contribution in [2.24, 2.45) is 0 Å². The lowest BCUT2D eigenvalue weighted by molar-refractivity contribution is -0.130. The van der Waals surface area contributed by atoms with Gasteiger partial charge in [-0.3, -0.25) is 4.79 Å². The molecule has 0 saturated heterocycles. The molecule has 1 saturated carbocycles. The summed E-state index contributed by atoms with van der Waals surface area (Å²) in [6, 6.07) is 7.80. The van der Waals surface area contributed by atoms with Gasteiger partial charge in [0.05, 0.1) is 19.1 Å². The molecule has 1 fully saturated rings. The highest BCUT2D eigenvalue weighted by molar-refractivity contribution is 5.90. The molecule has 1 aromatic rings. The lowest BCUT2D eigenvalue weighted by Crippen LogP contribution is -2.50. The quantitative estimate of drug-likeness (QED) is 0.797. The van der Waals surface area contributed by atoms with Crippen molar-refractivity contribution in [3.8, 4) is 5.75 Å². The first-order valence-corrected chi connectivity index (χ1v) is 6.65. The smallest absolute Gasteiger partial charge is 0.230 e. The second-order valence-electron chi connectivity index (χ2n) is 4.88. The van der Waals surface area contributed by atoms with Crippen LogP contribution in [0.25, 0.3) is 0 Å². The molecule has 1 aromatic carbocycles. The summed E-state index contributed by atoms with van der Waals surface area (Å²) < 4.78 is 10.4. The molecule has 0 aliphatic heterocycles. The van der Waals surface area contributed by atoms with Gasteiger partial charge in [0.15, 0.2) is 0 Å². The number of methoxy groups -OCH3 is 2. The van der Waals surface area contributed by atoms with Gasteiger partial charge < -0.3 is 14.8 Å². The lowest BCUT2D eigenvalue weighted by Gasteiger charge is -2.41. The van der Waals surface area contributed by atoms with Gasteiger partial charge >= 0.3 is 0 Å². The number of hydrogen-bond acceptors (Lipinski definition) is 3. The maximum absolute atomic E-state index is 12.5. The van der Waals surface area contributed by atoms with Crippen LogP contribution in [0.1, 0.15) is 24.8 Å². The van der Waals surface area contributed by atoms with Crippen LogP contribution in [-0.4, -0.2) is 33.3 Å². The number of amides is 1. The normalized spacial score (nSPS) is 16.5. The van der Waals surface area contributed by atoms with Gasteiger partial charge in [-0.05, 0) is 18.9 Å². The first-order valence-electron chi connectivity index (χ1n) is 6.65. The highest BCUT2D eigenvalue weighted by Crippen LogP contribution is 2.47. The molecule has 0 atom stereocenters. The van der Waals surface area contributed by atoms with Crippen LogP contribution in [0.2, 0.25) is 0 Å². The van der Waals surface area contributed by atoms with Crippen molar-refractivity contribution in [3.63, 3.8) is 0 Å². The predicted octanol–water partition coefficient (Wildman–Crippen LogP) is 1.88. The van der Waals surface area contributed by atoms with Crippen molar-refractivity contribution < 1.29 is 14.3 Å². The van der Waals surface area contributed by atoms with E-state index in [2.05, 4.69) is 5.32 Å². The van der Waals surface area contributed by atoms with E-state index < -0.39 is 5.41 Å². The van der Waals surface area contributed by atoms with Crippen LogP contribution < -0.4 is 10.1 Å². The number of rotatable bonds is 6. The topological polar surface area (TPSA) is 47.6 Å². The third-order valence-electron chi connectivity index (χ3n) is 3.86. The molecule has 0 aromatic heterocycles. The van der Waals surface area contributed by atoms with Gasteiger partial charge in [0.2, 0.25) is 5.91 Å². The minimum atomic E-state index is -0.416. The molecule has 0 spiro atoms. The number of carbonyl (C=O) groups excluding carboxylic acids is 1. The van der Waals surface area contributed by atoms with E-state index in [0.717, 1.165) is 30.6 Å². The standard InChI is InChI=1S/C15H21NO3/c1-18-11-10-16-14(17)15(8-5-9-15)12-6-3-4-7-13(12)19-2/h3-4,6-7H,5,8-11H2,1-2H3,(H,16,17). The summed E-state index contributed by atoms with van der Waals surface area (Å²) in [7, 11) is 3.28. The highest BCUT2D eigenvalue weighted by Gasteiger charge is 2.47. The summed E-state index contributed by atoms with van der Waals surface area (Å²) in [5, 5.41) is 2.96. The van der Waals surface area contributed by atoms with Gasteiger partial charge in [-0.25, -0.2) is 0 Å². The first kappa shape index (κ1) is 13.9. The second kappa shape index (κ2) is 6.06. The van der Waals surface area contributed by atoms with Crippen molar-refractivity contribution in [1.29, 1.82) is 0 Å². The lowest BCUT2D eigenvalue weighted by atomic mass is 9.63. The van der Waals surface area contributed by atoms with E-state index in [1.807, 2.05) is 24.3 Å². The minimum absolute atomic E-state index is 0.0836. The predicted molar refractivity (Wildman–Crippen MR) is 73.4 cm³/mol. The minimum Gasteiger partial charge on any atom is -0.496 e. The average molecular weight is 263 g/mol. The maximum atomic E-state index is 12.5. The van der Waals surface area contributed by atoms with Crippen molar-refractivity contribution in [3.05, 3.63) is 29.8 Å². The maximum Gasteiger partial charge on any atom is 0.230 e. The van der Waals surface area contributed by atoms with E-state index >= 15 is 0 Å². The van der Waals surface area contributed by atoms with E-state index in [9.17, 15) is 4.79 Å². The van der Waals surface area contributed by atoms with E-state index in [1.165, 1.54) is 0 Å². The number of hydrogen-bond donors (Lipinski definition) is 1. The zero-order chi connectivity index (χ0) is 13.7. The van der Waals surface area contributed by atoms with Crippen molar-refractivity contribution >= 4 is 5.91 Å². The van der Waals surface area contributed by atoms with Gasteiger partial charge in [-0.15, -0.1) is 0 Å². The Balaban J connectivity index is 2.20. The SMILES string of the molecule is COCCNC(=O)C1(c2ccccc2OC)CCC1. The third kappa shape index (κ3) is 2.59. The largest absolute Gasteiger partial charge is 0.496 e. The van der Waals surface area contributed by atoms with Gasteiger partial charge in [0, 0.05) is 19.2 Å². The van der Waals surface area contributed by atoms with Crippen molar-refractivity contribution in [2.45, 2.75) is 24.7 Å². The number of benzene rings is 1. The Hall–Kier alpha value is -1.55. The van der Waals surface area contributed by atoms with E-state index in [-0.39, 0.29) is 5.91 Å². The average Bonchev–Trinajstić information content (AvgIpc) is 2.38. The van der Waals surface area contributed by atoms with Gasteiger partial charge in [0.1, 0.15) is 5.75 Å². The molecule has 0 bridgehead atoms. The Labute approximate surface area is 114 Å². The fourth-order valence-corrected chi connectivity index (χ4v) is 2.62. The molecule has 1 aliphatic rings. The van der Waals surface area contributed by atoms with Crippen LogP contribution in [0.4, 0.5) is 0 Å². The summed E-state index contributed by atoms with van der Waals surface area (Å²) in [6.07, 6.45) is 2.84.